The molecule has 0 fully saturated rings. The zero-order valence-corrected chi connectivity index (χ0v) is 16.3. The summed E-state index contributed by atoms with van der Waals surface area (Å²) in [4.78, 5) is 0.262. The van der Waals surface area contributed by atoms with Crippen LogP contribution < -0.4 is 5.32 Å². The molecule has 0 spiro atoms. The van der Waals surface area contributed by atoms with Crippen molar-refractivity contribution in [2.45, 2.75) is 31.3 Å². The van der Waals surface area contributed by atoms with Crippen molar-refractivity contribution in [2.24, 2.45) is 0 Å². The maximum Gasteiger partial charge on any atom is 0.243 e. The summed E-state index contributed by atoms with van der Waals surface area (Å²) in [5.74, 6) is 0.650. The lowest BCUT2D eigenvalue weighted by Crippen LogP contribution is -2.33. The first-order chi connectivity index (χ1) is 12.9. The lowest BCUT2D eigenvalue weighted by Gasteiger charge is -2.21. The number of nitrogens with zero attached hydrogens (tertiary/aromatic N) is 5. The van der Waals surface area contributed by atoms with Crippen LogP contribution in [0.1, 0.15) is 19.7 Å². The maximum atomic E-state index is 12.5. The van der Waals surface area contributed by atoms with E-state index in [2.05, 4.69) is 20.8 Å². The van der Waals surface area contributed by atoms with E-state index in [0.717, 1.165) is 11.4 Å². The summed E-state index contributed by atoms with van der Waals surface area (Å²) in [6, 6.07) is 16.2. The largest absolute Gasteiger partial charge is 0.378 e. The Bertz CT molecular complexity index is 984. The van der Waals surface area contributed by atoms with Gasteiger partial charge in [0.1, 0.15) is 0 Å². The third-order valence-electron chi connectivity index (χ3n) is 4.24. The first-order valence-electron chi connectivity index (χ1n) is 8.54. The van der Waals surface area contributed by atoms with Crippen LogP contribution in [-0.4, -0.2) is 46.0 Å². The van der Waals surface area contributed by atoms with Crippen LogP contribution in [0.25, 0.3) is 5.69 Å². The van der Waals surface area contributed by atoms with E-state index < -0.39 is 10.0 Å². The molecule has 1 heterocycles. The number of para-hydroxylation sites is 1. The van der Waals surface area contributed by atoms with Crippen LogP contribution in [0.15, 0.2) is 59.5 Å². The van der Waals surface area contributed by atoms with Crippen molar-refractivity contribution < 1.29 is 8.42 Å². The number of sulfonamides is 1. The van der Waals surface area contributed by atoms with Gasteiger partial charge in [0.2, 0.25) is 10.0 Å². The Balaban J connectivity index is 1.71. The molecule has 0 saturated heterocycles. The molecule has 142 valence electrons. The molecule has 1 N–H and O–H groups in total. The predicted molar refractivity (Wildman–Crippen MR) is 103 cm³/mol. The average molecular weight is 386 g/mol. The number of hydrogen-bond acceptors (Lipinski definition) is 6. The van der Waals surface area contributed by atoms with E-state index in [0.29, 0.717) is 12.4 Å². The van der Waals surface area contributed by atoms with Gasteiger partial charge in [0, 0.05) is 18.8 Å². The number of tetrazole rings is 1. The summed E-state index contributed by atoms with van der Waals surface area (Å²) in [7, 11) is -1.91. The topological polar surface area (TPSA) is 93.0 Å². The van der Waals surface area contributed by atoms with Gasteiger partial charge in [-0.3, -0.25) is 0 Å². The molecule has 0 unspecified atom stereocenters. The molecule has 0 radical (unpaired) electrons. The fourth-order valence-electron chi connectivity index (χ4n) is 2.46. The molecule has 0 aliphatic rings. The van der Waals surface area contributed by atoms with E-state index in [1.54, 1.807) is 36.0 Å². The number of anilines is 1. The highest BCUT2D eigenvalue weighted by atomic mass is 32.2. The van der Waals surface area contributed by atoms with Crippen molar-refractivity contribution in [3.8, 4) is 5.69 Å². The molecule has 0 amide bonds. The standard InChI is InChI=1S/C18H22N6O2S/c1-14(2)23(3)27(25,26)17-11-9-15(10-12-17)19-13-18-20-21-22-24(18)16-7-5-4-6-8-16/h4-12,14,19H,13H2,1-3H3. The Morgan fingerprint density at radius 2 is 1.74 bits per heavy atom. The lowest BCUT2D eigenvalue weighted by atomic mass is 10.3. The molecule has 0 atom stereocenters. The molecule has 2 aromatic carbocycles. The second kappa shape index (κ2) is 7.85. The van der Waals surface area contributed by atoms with Crippen molar-refractivity contribution >= 4 is 15.7 Å². The van der Waals surface area contributed by atoms with Gasteiger partial charge in [-0.05, 0) is 60.7 Å². The second-order valence-corrected chi connectivity index (χ2v) is 8.33. The molecule has 3 aromatic rings. The molecule has 0 aliphatic heterocycles. The lowest BCUT2D eigenvalue weighted by molar-refractivity contribution is 0.410. The summed E-state index contributed by atoms with van der Waals surface area (Å²) in [5.41, 5.74) is 1.65. The summed E-state index contributed by atoms with van der Waals surface area (Å²) >= 11 is 0. The van der Waals surface area contributed by atoms with Gasteiger partial charge in [0.15, 0.2) is 5.82 Å². The minimum absolute atomic E-state index is 0.107. The van der Waals surface area contributed by atoms with Crippen LogP contribution in [0.5, 0.6) is 0 Å². The van der Waals surface area contributed by atoms with Gasteiger partial charge in [-0.2, -0.15) is 8.99 Å². The smallest absolute Gasteiger partial charge is 0.243 e. The van der Waals surface area contributed by atoms with Crippen molar-refractivity contribution in [2.75, 3.05) is 12.4 Å². The number of benzene rings is 2. The van der Waals surface area contributed by atoms with Gasteiger partial charge < -0.3 is 5.32 Å². The highest BCUT2D eigenvalue weighted by Crippen LogP contribution is 2.19. The summed E-state index contributed by atoms with van der Waals surface area (Å²) in [6.45, 7) is 4.08. The van der Waals surface area contributed by atoms with Crippen LogP contribution >= 0.6 is 0 Å². The average Bonchev–Trinajstić information content (AvgIpc) is 3.15. The molecule has 3 rings (SSSR count). The number of rotatable bonds is 7. The fraction of sp³-hybridized carbons (Fsp3) is 0.278. The maximum absolute atomic E-state index is 12.5. The van der Waals surface area contributed by atoms with Gasteiger partial charge in [-0.1, -0.05) is 18.2 Å². The van der Waals surface area contributed by atoms with E-state index in [1.165, 1.54) is 4.31 Å². The minimum Gasteiger partial charge on any atom is -0.378 e. The SMILES string of the molecule is CC(C)N(C)S(=O)(=O)c1ccc(NCc2nnnn2-c2ccccc2)cc1. The van der Waals surface area contributed by atoms with Crippen LogP contribution in [0.3, 0.4) is 0 Å². The Labute approximate surface area is 158 Å². The van der Waals surface area contributed by atoms with Crippen molar-refractivity contribution in [3.05, 3.63) is 60.4 Å². The zero-order valence-electron chi connectivity index (χ0n) is 15.4. The molecule has 9 heteroatoms. The summed E-state index contributed by atoms with van der Waals surface area (Å²) in [6.07, 6.45) is 0. The van der Waals surface area contributed by atoms with Crippen molar-refractivity contribution in [1.82, 2.24) is 24.5 Å². The molecule has 8 nitrogen and oxygen atoms in total. The van der Waals surface area contributed by atoms with Crippen molar-refractivity contribution in [3.63, 3.8) is 0 Å². The first kappa shape index (κ1) is 19.0. The van der Waals surface area contributed by atoms with Crippen LogP contribution in [0, 0.1) is 0 Å². The van der Waals surface area contributed by atoms with Crippen molar-refractivity contribution in [1.29, 1.82) is 0 Å². The van der Waals surface area contributed by atoms with Gasteiger partial charge in [-0.25, -0.2) is 8.42 Å². The van der Waals surface area contributed by atoms with Crippen LogP contribution in [0.2, 0.25) is 0 Å². The minimum atomic E-state index is -3.49. The third kappa shape index (κ3) is 4.15. The quantitative estimate of drug-likeness (QED) is 0.670. The number of hydrogen-bond donors (Lipinski definition) is 1. The van der Waals surface area contributed by atoms with Gasteiger partial charge in [0.25, 0.3) is 0 Å². The van der Waals surface area contributed by atoms with E-state index in [4.69, 9.17) is 0 Å². The number of aromatic nitrogens is 4. The number of nitrogens with one attached hydrogen (secondary N) is 1. The van der Waals surface area contributed by atoms with E-state index in [1.807, 2.05) is 44.2 Å². The Morgan fingerprint density at radius 3 is 2.37 bits per heavy atom. The van der Waals surface area contributed by atoms with E-state index >= 15 is 0 Å². The molecule has 1 aromatic heterocycles. The second-order valence-electron chi connectivity index (χ2n) is 6.34. The molecule has 0 saturated carbocycles. The van der Waals surface area contributed by atoms with Crippen LogP contribution in [-0.2, 0) is 16.6 Å². The van der Waals surface area contributed by atoms with E-state index in [9.17, 15) is 8.42 Å². The summed E-state index contributed by atoms with van der Waals surface area (Å²) < 4.78 is 28.0. The third-order valence-corrected chi connectivity index (χ3v) is 6.29. The van der Waals surface area contributed by atoms with E-state index in [-0.39, 0.29) is 10.9 Å². The Hall–Kier alpha value is -2.78. The molecule has 27 heavy (non-hydrogen) atoms. The highest BCUT2D eigenvalue weighted by Gasteiger charge is 2.22. The highest BCUT2D eigenvalue weighted by molar-refractivity contribution is 7.89. The predicted octanol–water partition coefficient (Wildman–Crippen LogP) is 2.30. The first-order valence-corrected chi connectivity index (χ1v) is 9.98. The normalized spacial score (nSPS) is 11.9. The molecule has 0 aliphatic carbocycles. The molecular weight excluding hydrogens is 364 g/mol. The summed E-state index contributed by atoms with van der Waals surface area (Å²) in [5, 5.41) is 15.0. The molecule has 0 bridgehead atoms. The Kier molecular flexibility index (Phi) is 5.52. The van der Waals surface area contributed by atoms with Gasteiger partial charge in [-0.15, -0.1) is 5.10 Å². The van der Waals surface area contributed by atoms with Gasteiger partial charge >= 0.3 is 0 Å². The monoisotopic (exact) mass is 386 g/mol. The fourth-order valence-corrected chi connectivity index (χ4v) is 3.82. The molecular formula is C18H22N6O2S. The van der Waals surface area contributed by atoms with Gasteiger partial charge in [0.05, 0.1) is 17.1 Å². The zero-order chi connectivity index (χ0) is 19.4. The van der Waals surface area contributed by atoms with Crippen LogP contribution in [0.4, 0.5) is 5.69 Å². The Morgan fingerprint density at radius 1 is 1.07 bits per heavy atom.